The molecule has 13 heavy (non-hydrogen) atoms. The topological polar surface area (TPSA) is 21.3 Å². The fraction of sp³-hybridized carbons (Fsp3) is 1.00. The predicted molar refractivity (Wildman–Crippen MR) is 59.5 cm³/mol. The molecule has 1 heterocycles. The van der Waals surface area contributed by atoms with Crippen LogP contribution in [0.5, 0.6) is 0 Å². The third-order valence-electron chi connectivity index (χ3n) is 2.17. The van der Waals surface area contributed by atoms with Crippen LogP contribution in [0.25, 0.3) is 0 Å². The van der Waals surface area contributed by atoms with E-state index in [9.17, 15) is 0 Å². The van der Waals surface area contributed by atoms with Crippen LogP contribution in [-0.4, -0.2) is 37.3 Å². The summed E-state index contributed by atoms with van der Waals surface area (Å²) in [5, 5.41) is 3.44. The van der Waals surface area contributed by atoms with Crippen molar-refractivity contribution in [2.24, 2.45) is 0 Å². The van der Waals surface area contributed by atoms with E-state index in [1.54, 1.807) is 0 Å². The van der Waals surface area contributed by atoms with E-state index in [2.05, 4.69) is 12.2 Å². The zero-order chi connectivity index (χ0) is 9.36. The van der Waals surface area contributed by atoms with Gasteiger partial charge < -0.3 is 10.1 Å². The van der Waals surface area contributed by atoms with Crippen molar-refractivity contribution in [1.82, 2.24) is 5.32 Å². The molecular weight excluding hydrogens is 182 g/mol. The Kier molecular flexibility index (Phi) is 6.68. The fourth-order valence-electron chi connectivity index (χ4n) is 1.46. The second-order valence-corrected chi connectivity index (χ2v) is 4.68. The molecule has 1 fully saturated rings. The Morgan fingerprint density at radius 1 is 1.46 bits per heavy atom. The van der Waals surface area contributed by atoms with Gasteiger partial charge >= 0.3 is 0 Å². The lowest BCUT2D eigenvalue weighted by Crippen LogP contribution is -2.28. The zero-order valence-electron chi connectivity index (χ0n) is 8.55. The van der Waals surface area contributed by atoms with Gasteiger partial charge in [-0.2, -0.15) is 11.8 Å². The predicted octanol–water partition coefficient (Wildman–Crippen LogP) is 1.90. The first kappa shape index (κ1) is 11.3. The van der Waals surface area contributed by atoms with Gasteiger partial charge in [-0.05, 0) is 25.0 Å². The number of rotatable bonds is 7. The van der Waals surface area contributed by atoms with Crippen LogP contribution in [0.3, 0.4) is 0 Å². The highest BCUT2D eigenvalue weighted by atomic mass is 32.2. The van der Waals surface area contributed by atoms with E-state index in [-0.39, 0.29) is 0 Å². The Labute approximate surface area is 85.8 Å². The van der Waals surface area contributed by atoms with Crippen LogP contribution in [0, 0.1) is 0 Å². The highest BCUT2D eigenvalue weighted by Gasteiger charge is 2.13. The van der Waals surface area contributed by atoms with Crippen molar-refractivity contribution < 1.29 is 4.74 Å². The SMILES string of the molecule is CCCSCCNCC1CCCO1. The summed E-state index contributed by atoms with van der Waals surface area (Å²) in [5.74, 6) is 2.53. The first-order valence-corrected chi connectivity index (χ1v) is 6.49. The number of hydrogen-bond acceptors (Lipinski definition) is 3. The van der Waals surface area contributed by atoms with Gasteiger partial charge in [-0.1, -0.05) is 6.92 Å². The standard InChI is InChI=1S/C10H21NOS/c1-2-7-13-8-5-11-9-10-4-3-6-12-10/h10-11H,2-9H2,1H3. The lowest BCUT2D eigenvalue weighted by atomic mass is 10.2. The van der Waals surface area contributed by atoms with Gasteiger partial charge in [0.2, 0.25) is 0 Å². The van der Waals surface area contributed by atoms with Crippen molar-refractivity contribution in [3.8, 4) is 0 Å². The number of thioether (sulfide) groups is 1. The molecule has 3 heteroatoms. The molecule has 0 bridgehead atoms. The molecule has 0 aromatic carbocycles. The Hall–Kier alpha value is 0.270. The number of ether oxygens (including phenoxy) is 1. The second-order valence-electron chi connectivity index (χ2n) is 3.45. The van der Waals surface area contributed by atoms with E-state index in [0.717, 1.165) is 19.7 Å². The smallest absolute Gasteiger partial charge is 0.0700 e. The molecule has 78 valence electrons. The van der Waals surface area contributed by atoms with Crippen molar-refractivity contribution in [1.29, 1.82) is 0 Å². The van der Waals surface area contributed by atoms with Gasteiger partial charge in [-0.25, -0.2) is 0 Å². The lowest BCUT2D eigenvalue weighted by Gasteiger charge is -2.09. The summed E-state index contributed by atoms with van der Waals surface area (Å²) in [7, 11) is 0. The van der Waals surface area contributed by atoms with E-state index in [1.165, 1.54) is 30.8 Å². The Balaban J connectivity index is 1.78. The quantitative estimate of drug-likeness (QED) is 0.639. The molecule has 1 N–H and O–H groups in total. The molecule has 0 amide bonds. The monoisotopic (exact) mass is 203 g/mol. The molecular formula is C10H21NOS. The van der Waals surface area contributed by atoms with Crippen LogP contribution in [0.15, 0.2) is 0 Å². The molecule has 0 saturated carbocycles. The fourth-order valence-corrected chi connectivity index (χ4v) is 2.24. The highest BCUT2D eigenvalue weighted by Crippen LogP contribution is 2.10. The summed E-state index contributed by atoms with van der Waals surface area (Å²) >= 11 is 2.03. The number of nitrogens with one attached hydrogen (secondary N) is 1. The third-order valence-corrected chi connectivity index (χ3v) is 3.36. The van der Waals surface area contributed by atoms with Crippen LogP contribution in [-0.2, 0) is 4.74 Å². The first-order valence-electron chi connectivity index (χ1n) is 5.33. The van der Waals surface area contributed by atoms with Crippen LogP contribution < -0.4 is 5.32 Å². The van der Waals surface area contributed by atoms with Crippen LogP contribution in [0.1, 0.15) is 26.2 Å². The molecule has 0 aromatic heterocycles. The molecule has 1 saturated heterocycles. The summed E-state index contributed by atoms with van der Waals surface area (Å²) < 4.78 is 5.51. The highest BCUT2D eigenvalue weighted by molar-refractivity contribution is 7.99. The third kappa shape index (κ3) is 5.55. The molecule has 1 aliphatic heterocycles. The van der Waals surface area contributed by atoms with E-state index in [1.807, 2.05) is 11.8 Å². The minimum Gasteiger partial charge on any atom is -0.377 e. The summed E-state index contributed by atoms with van der Waals surface area (Å²) in [6.45, 7) is 5.38. The summed E-state index contributed by atoms with van der Waals surface area (Å²) in [6, 6.07) is 0. The molecule has 2 nitrogen and oxygen atoms in total. The molecule has 1 rings (SSSR count). The van der Waals surface area contributed by atoms with Crippen molar-refractivity contribution >= 4 is 11.8 Å². The maximum atomic E-state index is 5.51. The molecule has 0 aromatic rings. The zero-order valence-corrected chi connectivity index (χ0v) is 9.37. The van der Waals surface area contributed by atoms with Crippen molar-refractivity contribution in [3.05, 3.63) is 0 Å². The molecule has 0 aliphatic carbocycles. The lowest BCUT2D eigenvalue weighted by molar-refractivity contribution is 0.110. The average molecular weight is 203 g/mol. The maximum Gasteiger partial charge on any atom is 0.0700 e. The van der Waals surface area contributed by atoms with E-state index < -0.39 is 0 Å². The minimum absolute atomic E-state index is 0.496. The van der Waals surface area contributed by atoms with Gasteiger partial charge in [0, 0.05) is 25.4 Å². The summed E-state index contributed by atoms with van der Waals surface area (Å²) in [6.07, 6.45) is 4.28. The van der Waals surface area contributed by atoms with E-state index >= 15 is 0 Å². The minimum atomic E-state index is 0.496. The normalized spacial score (nSPS) is 22.4. The molecule has 1 unspecified atom stereocenters. The van der Waals surface area contributed by atoms with Gasteiger partial charge in [0.1, 0.15) is 0 Å². The first-order chi connectivity index (χ1) is 6.43. The molecule has 1 aliphatic rings. The molecule has 0 spiro atoms. The largest absolute Gasteiger partial charge is 0.377 e. The Morgan fingerprint density at radius 2 is 2.38 bits per heavy atom. The summed E-state index contributed by atoms with van der Waals surface area (Å²) in [4.78, 5) is 0. The van der Waals surface area contributed by atoms with Gasteiger partial charge in [0.15, 0.2) is 0 Å². The molecule has 0 radical (unpaired) electrons. The van der Waals surface area contributed by atoms with Crippen molar-refractivity contribution in [2.75, 3.05) is 31.2 Å². The Morgan fingerprint density at radius 3 is 3.08 bits per heavy atom. The molecule has 1 atom stereocenters. The summed E-state index contributed by atoms with van der Waals surface area (Å²) in [5.41, 5.74) is 0. The van der Waals surface area contributed by atoms with E-state index in [0.29, 0.717) is 6.10 Å². The van der Waals surface area contributed by atoms with Crippen molar-refractivity contribution in [2.45, 2.75) is 32.3 Å². The van der Waals surface area contributed by atoms with E-state index in [4.69, 9.17) is 4.74 Å². The van der Waals surface area contributed by atoms with Crippen molar-refractivity contribution in [3.63, 3.8) is 0 Å². The van der Waals surface area contributed by atoms with Gasteiger partial charge in [-0.15, -0.1) is 0 Å². The van der Waals surface area contributed by atoms with Gasteiger partial charge in [0.05, 0.1) is 6.10 Å². The number of hydrogen-bond donors (Lipinski definition) is 1. The van der Waals surface area contributed by atoms with Gasteiger partial charge in [0.25, 0.3) is 0 Å². The second kappa shape index (κ2) is 7.65. The average Bonchev–Trinajstić information content (AvgIpc) is 2.63. The Bertz CT molecular complexity index is 115. The van der Waals surface area contributed by atoms with Crippen LogP contribution >= 0.6 is 11.8 Å². The van der Waals surface area contributed by atoms with Crippen LogP contribution in [0.2, 0.25) is 0 Å². The van der Waals surface area contributed by atoms with Gasteiger partial charge in [-0.3, -0.25) is 0 Å². The maximum absolute atomic E-state index is 5.51. The van der Waals surface area contributed by atoms with Crippen LogP contribution in [0.4, 0.5) is 0 Å².